The number of hydrogen-bond donors (Lipinski definition) is 1. The number of sulfonamides is 1. The van der Waals surface area contributed by atoms with E-state index in [0.717, 1.165) is 16.8 Å². The number of rotatable bonds is 8. The molecule has 3 aromatic rings. The molecule has 2 heterocycles. The zero-order chi connectivity index (χ0) is 22.0. The smallest absolute Gasteiger partial charge is 0.268 e. The number of para-hydroxylation sites is 1. The van der Waals surface area contributed by atoms with Crippen molar-refractivity contribution >= 4 is 15.7 Å². The second kappa shape index (κ2) is 8.82. The number of aromatic nitrogens is 2. The first-order valence-electron chi connectivity index (χ1n) is 10.3. The maximum absolute atomic E-state index is 13.5. The summed E-state index contributed by atoms with van der Waals surface area (Å²) in [6.07, 6.45) is -0.108. The summed E-state index contributed by atoms with van der Waals surface area (Å²) in [5, 5.41) is 14.8. The highest BCUT2D eigenvalue weighted by Gasteiger charge is 2.35. The zero-order valence-electron chi connectivity index (χ0n) is 17.7. The zero-order valence-corrected chi connectivity index (χ0v) is 18.5. The molecule has 0 bridgehead atoms. The first kappa shape index (κ1) is 21.5. The van der Waals surface area contributed by atoms with Gasteiger partial charge in [-0.2, -0.15) is 5.10 Å². The molecule has 1 aromatic heterocycles. The van der Waals surface area contributed by atoms with Crippen LogP contribution in [-0.4, -0.2) is 42.6 Å². The van der Waals surface area contributed by atoms with Gasteiger partial charge in [0.2, 0.25) is 0 Å². The quantitative estimate of drug-likeness (QED) is 0.581. The predicted molar refractivity (Wildman–Crippen MR) is 118 cm³/mol. The minimum Gasteiger partial charge on any atom is -0.389 e. The maximum atomic E-state index is 13.5. The standard InChI is InChI=1S/C23H27N3O4S/c1-17-23(31(28,29)26-13-12-20-10-6-7-11-22(20)26)18(2)25(24-17)14-21(27)16-30-15-19-8-4-3-5-9-19/h3-11,21,27H,12-16H2,1-2H3. The Bertz CT molecular complexity index is 1160. The van der Waals surface area contributed by atoms with E-state index in [1.165, 1.54) is 4.31 Å². The van der Waals surface area contributed by atoms with Gasteiger partial charge in [0.25, 0.3) is 10.0 Å². The molecule has 31 heavy (non-hydrogen) atoms. The van der Waals surface area contributed by atoms with Crippen LogP contribution in [-0.2, 0) is 34.3 Å². The van der Waals surface area contributed by atoms with Crippen molar-refractivity contribution in [3.05, 3.63) is 77.1 Å². The molecule has 0 aliphatic carbocycles. The van der Waals surface area contributed by atoms with Gasteiger partial charge in [-0.15, -0.1) is 0 Å². The van der Waals surface area contributed by atoms with Crippen LogP contribution < -0.4 is 4.31 Å². The highest BCUT2D eigenvalue weighted by atomic mass is 32.2. The lowest BCUT2D eigenvalue weighted by molar-refractivity contribution is 0.0183. The van der Waals surface area contributed by atoms with Crippen LogP contribution in [0, 0.1) is 13.8 Å². The molecule has 0 saturated heterocycles. The van der Waals surface area contributed by atoms with Crippen LogP contribution in [0.3, 0.4) is 0 Å². The van der Waals surface area contributed by atoms with Gasteiger partial charge < -0.3 is 9.84 Å². The third-order valence-electron chi connectivity index (χ3n) is 5.51. The van der Waals surface area contributed by atoms with Crippen molar-refractivity contribution in [1.82, 2.24) is 9.78 Å². The van der Waals surface area contributed by atoms with Gasteiger partial charge in [-0.25, -0.2) is 8.42 Å². The Morgan fingerprint density at radius 1 is 1.10 bits per heavy atom. The molecule has 0 amide bonds. The molecule has 0 radical (unpaired) electrons. The van der Waals surface area contributed by atoms with Gasteiger partial charge in [-0.05, 0) is 37.5 Å². The normalized spacial score (nSPS) is 14.6. The predicted octanol–water partition coefficient (Wildman–Crippen LogP) is 2.83. The number of hydrogen-bond acceptors (Lipinski definition) is 5. The number of benzene rings is 2. The van der Waals surface area contributed by atoms with Crippen LogP contribution in [0.25, 0.3) is 0 Å². The van der Waals surface area contributed by atoms with E-state index < -0.39 is 16.1 Å². The average Bonchev–Trinajstić information content (AvgIpc) is 3.30. The molecule has 1 aliphatic rings. The Kier molecular flexibility index (Phi) is 6.13. The summed E-state index contributed by atoms with van der Waals surface area (Å²) in [6.45, 7) is 4.54. The largest absolute Gasteiger partial charge is 0.389 e. The second-order valence-electron chi connectivity index (χ2n) is 7.79. The van der Waals surface area contributed by atoms with Gasteiger partial charge in [0.1, 0.15) is 4.90 Å². The van der Waals surface area contributed by atoms with Crippen LogP contribution >= 0.6 is 0 Å². The molecule has 0 fully saturated rings. The molecule has 1 N–H and O–H groups in total. The molecule has 2 aromatic carbocycles. The summed E-state index contributed by atoms with van der Waals surface area (Å²) >= 11 is 0. The van der Waals surface area contributed by atoms with Gasteiger partial charge >= 0.3 is 0 Å². The van der Waals surface area contributed by atoms with Crippen LogP contribution in [0.15, 0.2) is 59.5 Å². The molecule has 7 nitrogen and oxygen atoms in total. The van der Waals surface area contributed by atoms with E-state index in [-0.39, 0.29) is 18.0 Å². The molecule has 1 atom stereocenters. The Morgan fingerprint density at radius 3 is 2.58 bits per heavy atom. The van der Waals surface area contributed by atoms with E-state index in [1.54, 1.807) is 18.5 Å². The molecular weight excluding hydrogens is 414 g/mol. The SMILES string of the molecule is Cc1nn(CC(O)COCc2ccccc2)c(C)c1S(=O)(=O)N1CCc2ccccc21. The fraction of sp³-hybridized carbons (Fsp3) is 0.348. The molecule has 0 saturated carbocycles. The van der Waals surface area contributed by atoms with Crippen LogP contribution in [0.5, 0.6) is 0 Å². The van der Waals surface area contributed by atoms with Gasteiger partial charge in [0.05, 0.1) is 42.9 Å². The third kappa shape index (κ3) is 4.37. The summed E-state index contributed by atoms with van der Waals surface area (Å²) in [7, 11) is -3.74. The maximum Gasteiger partial charge on any atom is 0.268 e. The van der Waals surface area contributed by atoms with Gasteiger partial charge in [0, 0.05) is 6.54 Å². The first-order valence-corrected chi connectivity index (χ1v) is 11.8. The van der Waals surface area contributed by atoms with Crippen molar-refractivity contribution in [1.29, 1.82) is 0 Å². The van der Waals surface area contributed by atoms with E-state index in [2.05, 4.69) is 5.10 Å². The fourth-order valence-corrected chi connectivity index (χ4v) is 5.92. The Labute approximate surface area is 182 Å². The summed E-state index contributed by atoms with van der Waals surface area (Å²) in [6, 6.07) is 17.3. The Hall–Kier alpha value is -2.68. The average molecular weight is 442 g/mol. The lowest BCUT2D eigenvalue weighted by atomic mass is 10.2. The highest BCUT2D eigenvalue weighted by Crippen LogP contribution is 2.34. The Morgan fingerprint density at radius 2 is 1.81 bits per heavy atom. The molecular formula is C23H27N3O4S. The topological polar surface area (TPSA) is 84.7 Å². The number of nitrogens with zero attached hydrogens (tertiary/aromatic N) is 3. The number of fused-ring (bicyclic) bond motifs is 1. The van der Waals surface area contributed by atoms with Crippen LogP contribution in [0.1, 0.15) is 22.5 Å². The molecule has 0 spiro atoms. The van der Waals surface area contributed by atoms with E-state index in [1.807, 2.05) is 54.6 Å². The lowest BCUT2D eigenvalue weighted by Gasteiger charge is -2.20. The van der Waals surface area contributed by atoms with Crippen molar-refractivity contribution in [3.8, 4) is 0 Å². The minimum absolute atomic E-state index is 0.134. The summed E-state index contributed by atoms with van der Waals surface area (Å²) < 4.78 is 35.5. The Balaban J connectivity index is 1.47. The molecule has 1 aliphatic heterocycles. The summed E-state index contributed by atoms with van der Waals surface area (Å²) in [5.74, 6) is 0. The highest BCUT2D eigenvalue weighted by molar-refractivity contribution is 7.93. The van der Waals surface area contributed by atoms with Crippen LogP contribution in [0.4, 0.5) is 5.69 Å². The van der Waals surface area contributed by atoms with E-state index >= 15 is 0 Å². The van der Waals surface area contributed by atoms with E-state index in [9.17, 15) is 13.5 Å². The molecule has 164 valence electrons. The molecule has 4 rings (SSSR count). The van der Waals surface area contributed by atoms with Gasteiger partial charge in [-0.1, -0.05) is 48.5 Å². The van der Waals surface area contributed by atoms with Gasteiger partial charge in [0.15, 0.2) is 0 Å². The minimum atomic E-state index is -3.74. The number of aliphatic hydroxyl groups excluding tert-OH is 1. The van der Waals surface area contributed by atoms with Crippen molar-refractivity contribution < 1.29 is 18.3 Å². The van der Waals surface area contributed by atoms with Gasteiger partial charge in [-0.3, -0.25) is 8.99 Å². The van der Waals surface area contributed by atoms with Crippen molar-refractivity contribution in [2.45, 2.75) is 44.4 Å². The number of ether oxygens (including phenoxy) is 1. The molecule has 8 heteroatoms. The summed E-state index contributed by atoms with van der Waals surface area (Å²) in [5.41, 5.74) is 3.73. The van der Waals surface area contributed by atoms with E-state index in [4.69, 9.17) is 4.74 Å². The summed E-state index contributed by atoms with van der Waals surface area (Å²) in [4.78, 5) is 0.210. The first-order chi connectivity index (χ1) is 14.9. The fourth-order valence-electron chi connectivity index (χ4n) is 4.04. The van der Waals surface area contributed by atoms with Crippen molar-refractivity contribution in [2.24, 2.45) is 0 Å². The molecule has 1 unspecified atom stereocenters. The van der Waals surface area contributed by atoms with Crippen molar-refractivity contribution in [3.63, 3.8) is 0 Å². The van der Waals surface area contributed by atoms with Crippen molar-refractivity contribution in [2.75, 3.05) is 17.5 Å². The number of aliphatic hydroxyl groups is 1. The van der Waals surface area contributed by atoms with E-state index in [0.29, 0.717) is 31.0 Å². The number of anilines is 1. The third-order valence-corrected chi connectivity index (χ3v) is 7.58. The monoisotopic (exact) mass is 441 g/mol. The lowest BCUT2D eigenvalue weighted by Crippen LogP contribution is -2.30. The second-order valence-corrected chi connectivity index (χ2v) is 9.59. The number of aryl methyl sites for hydroxylation is 1. The van der Waals surface area contributed by atoms with Crippen LogP contribution in [0.2, 0.25) is 0 Å².